The molecular weight excluding hydrogens is 136 g/mol. The lowest BCUT2D eigenvalue weighted by atomic mass is 10.1. The van der Waals surface area contributed by atoms with E-state index >= 15 is 0 Å². The fourth-order valence-electron chi connectivity index (χ4n) is 2.71. The van der Waals surface area contributed by atoms with E-state index < -0.39 is 0 Å². The molecule has 64 valence electrons. The van der Waals surface area contributed by atoms with Crippen LogP contribution in [0.25, 0.3) is 0 Å². The molecule has 2 heteroatoms. The Morgan fingerprint density at radius 2 is 2.09 bits per heavy atom. The molecule has 2 rings (SSSR count). The molecule has 2 fully saturated rings. The molecule has 11 heavy (non-hydrogen) atoms. The van der Waals surface area contributed by atoms with Gasteiger partial charge in [-0.05, 0) is 32.6 Å². The summed E-state index contributed by atoms with van der Waals surface area (Å²) in [6.45, 7) is 5.84. The number of likely N-dealkylation sites (tertiary alicyclic amines) is 1. The maximum Gasteiger partial charge on any atom is 0.0253 e. The van der Waals surface area contributed by atoms with Crippen molar-refractivity contribution in [2.24, 2.45) is 11.7 Å². The van der Waals surface area contributed by atoms with Crippen LogP contribution in [-0.4, -0.2) is 29.6 Å². The molecule has 1 saturated carbocycles. The van der Waals surface area contributed by atoms with Crippen LogP contribution in [0.5, 0.6) is 0 Å². The highest BCUT2D eigenvalue weighted by Gasteiger charge is 2.43. The fourth-order valence-corrected chi connectivity index (χ4v) is 2.71. The molecule has 0 radical (unpaired) electrons. The summed E-state index contributed by atoms with van der Waals surface area (Å²) in [6.07, 6.45) is 2.63. The Bertz CT molecular complexity index is 156. The van der Waals surface area contributed by atoms with Crippen LogP contribution in [0.1, 0.15) is 26.7 Å². The summed E-state index contributed by atoms with van der Waals surface area (Å²) < 4.78 is 0. The van der Waals surface area contributed by atoms with Crippen LogP contribution in [0, 0.1) is 5.92 Å². The zero-order chi connectivity index (χ0) is 8.01. The first-order valence-electron chi connectivity index (χ1n) is 4.70. The van der Waals surface area contributed by atoms with Crippen LogP contribution in [0.2, 0.25) is 0 Å². The topological polar surface area (TPSA) is 29.3 Å². The van der Waals surface area contributed by atoms with Crippen LogP contribution in [0.3, 0.4) is 0 Å². The molecule has 1 heterocycles. The normalized spacial score (nSPS) is 44.2. The highest BCUT2D eigenvalue weighted by Crippen LogP contribution is 2.37. The van der Waals surface area contributed by atoms with E-state index in [1.165, 1.54) is 19.4 Å². The third-order valence-electron chi connectivity index (χ3n) is 3.23. The molecule has 1 saturated heterocycles. The summed E-state index contributed by atoms with van der Waals surface area (Å²) in [5.41, 5.74) is 6.01. The first-order valence-corrected chi connectivity index (χ1v) is 4.70. The number of nitrogens with two attached hydrogens (primary N) is 1. The minimum absolute atomic E-state index is 0.469. The molecule has 0 unspecified atom stereocenters. The molecule has 2 N–H and O–H groups in total. The summed E-state index contributed by atoms with van der Waals surface area (Å²) in [7, 11) is 0. The van der Waals surface area contributed by atoms with Crippen molar-refractivity contribution in [3.63, 3.8) is 0 Å². The van der Waals surface area contributed by atoms with Crippen molar-refractivity contribution in [3.05, 3.63) is 0 Å². The molecule has 2 aliphatic rings. The predicted octanol–water partition coefficient (Wildman–Crippen LogP) is 0.816. The average molecular weight is 154 g/mol. The van der Waals surface area contributed by atoms with Crippen molar-refractivity contribution in [1.82, 2.24) is 4.90 Å². The van der Waals surface area contributed by atoms with Crippen molar-refractivity contribution in [2.75, 3.05) is 6.54 Å². The van der Waals surface area contributed by atoms with Crippen LogP contribution >= 0.6 is 0 Å². The van der Waals surface area contributed by atoms with E-state index in [0.29, 0.717) is 18.1 Å². The van der Waals surface area contributed by atoms with E-state index in [9.17, 15) is 0 Å². The van der Waals surface area contributed by atoms with Crippen LogP contribution in [0.15, 0.2) is 0 Å². The second-order valence-electron chi connectivity index (χ2n) is 4.36. The summed E-state index contributed by atoms with van der Waals surface area (Å²) in [5, 5.41) is 0. The summed E-state index contributed by atoms with van der Waals surface area (Å²) in [5.74, 6) is 0.914. The van der Waals surface area contributed by atoms with Gasteiger partial charge in [-0.2, -0.15) is 0 Å². The van der Waals surface area contributed by atoms with Crippen molar-refractivity contribution in [3.8, 4) is 0 Å². The Morgan fingerprint density at radius 3 is 2.45 bits per heavy atom. The molecule has 0 aromatic rings. The van der Waals surface area contributed by atoms with E-state index in [-0.39, 0.29) is 0 Å². The van der Waals surface area contributed by atoms with Gasteiger partial charge in [0.1, 0.15) is 0 Å². The van der Waals surface area contributed by atoms with E-state index in [0.717, 1.165) is 5.92 Å². The van der Waals surface area contributed by atoms with Gasteiger partial charge >= 0.3 is 0 Å². The van der Waals surface area contributed by atoms with Gasteiger partial charge in [0.25, 0.3) is 0 Å². The molecule has 0 aromatic heterocycles. The largest absolute Gasteiger partial charge is 0.326 e. The maximum absolute atomic E-state index is 6.01. The van der Waals surface area contributed by atoms with Gasteiger partial charge in [0.05, 0.1) is 0 Å². The Kier molecular flexibility index (Phi) is 1.69. The van der Waals surface area contributed by atoms with E-state index in [2.05, 4.69) is 18.7 Å². The SMILES string of the molecule is CC(C)N1C[C@@H]2C[C@@H](N)[C@H]1C2. The van der Waals surface area contributed by atoms with E-state index in [4.69, 9.17) is 5.73 Å². The van der Waals surface area contributed by atoms with E-state index in [1.807, 2.05) is 0 Å². The second kappa shape index (κ2) is 2.46. The van der Waals surface area contributed by atoms with Gasteiger partial charge in [-0.15, -0.1) is 0 Å². The van der Waals surface area contributed by atoms with Crippen molar-refractivity contribution in [2.45, 2.75) is 44.8 Å². The van der Waals surface area contributed by atoms with Crippen molar-refractivity contribution < 1.29 is 0 Å². The van der Waals surface area contributed by atoms with Crippen LogP contribution in [-0.2, 0) is 0 Å². The molecule has 0 spiro atoms. The molecule has 1 aliphatic carbocycles. The third-order valence-corrected chi connectivity index (χ3v) is 3.23. The van der Waals surface area contributed by atoms with E-state index in [1.54, 1.807) is 0 Å². The lowest BCUT2D eigenvalue weighted by Gasteiger charge is -2.34. The number of fused-ring (bicyclic) bond motifs is 2. The highest BCUT2D eigenvalue weighted by atomic mass is 15.2. The van der Waals surface area contributed by atoms with Gasteiger partial charge in [0.2, 0.25) is 0 Å². The van der Waals surface area contributed by atoms with Gasteiger partial charge in [0, 0.05) is 24.7 Å². The smallest absolute Gasteiger partial charge is 0.0253 e. The second-order valence-corrected chi connectivity index (χ2v) is 4.36. The van der Waals surface area contributed by atoms with Gasteiger partial charge in [0.15, 0.2) is 0 Å². The number of hydrogen-bond acceptors (Lipinski definition) is 2. The molecular formula is C9H18N2. The standard InChI is InChI=1S/C9H18N2/c1-6(2)11-5-7-3-8(10)9(11)4-7/h6-9H,3-5,10H2,1-2H3/t7-,8-,9-/m1/s1. The van der Waals surface area contributed by atoms with Crippen LogP contribution < -0.4 is 5.73 Å². The average Bonchev–Trinajstić information content (AvgIpc) is 2.43. The minimum atomic E-state index is 0.469. The molecule has 0 aromatic carbocycles. The summed E-state index contributed by atoms with van der Waals surface area (Å²) in [6, 6.07) is 1.87. The molecule has 2 bridgehead atoms. The number of rotatable bonds is 1. The van der Waals surface area contributed by atoms with Crippen LogP contribution in [0.4, 0.5) is 0 Å². The van der Waals surface area contributed by atoms with Crippen molar-refractivity contribution >= 4 is 0 Å². The first-order chi connectivity index (χ1) is 5.18. The number of nitrogens with zero attached hydrogens (tertiary/aromatic N) is 1. The van der Waals surface area contributed by atoms with Gasteiger partial charge in [-0.3, -0.25) is 4.90 Å². The summed E-state index contributed by atoms with van der Waals surface area (Å²) >= 11 is 0. The summed E-state index contributed by atoms with van der Waals surface area (Å²) in [4.78, 5) is 2.57. The lowest BCUT2D eigenvalue weighted by Crippen LogP contribution is -2.48. The first kappa shape index (κ1) is 7.56. The fraction of sp³-hybridized carbons (Fsp3) is 1.00. The number of piperidine rings is 1. The highest BCUT2D eigenvalue weighted by molar-refractivity contribution is 5.00. The quantitative estimate of drug-likeness (QED) is 0.606. The Balaban J connectivity index is 2.06. The minimum Gasteiger partial charge on any atom is -0.326 e. The maximum atomic E-state index is 6.01. The molecule has 0 amide bonds. The molecule has 2 nitrogen and oxygen atoms in total. The Labute approximate surface area is 68.7 Å². The Hall–Kier alpha value is -0.0800. The molecule has 1 aliphatic heterocycles. The Morgan fingerprint density at radius 1 is 1.36 bits per heavy atom. The zero-order valence-corrected chi connectivity index (χ0v) is 7.46. The zero-order valence-electron chi connectivity index (χ0n) is 7.46. The number of hydrogen-bond donors (Lipinski definition) is 1. The predicted molar refractivity (Wildman–Crippen MR) is 46.3 cm³/mol. The monoisotopic (exact) mass is 154 g/mol. The van der Waals surface area contributed by atoms with Gasteiger partial charge in [-0.1, -0.05) is 0 Å². The van der Waals surface area contributed by atoms with Gasteiger partial charge in [-0.25, -0.2) is 0 Å². The van der Waals surface area contributed by atoms with Crippen molar-refractivity contribution in [1.29, 1.82) is 0 Å². The lowest BCUT2D eigenvalue weighted by molar-refractivity contribution is 0.153. The third kappa shape index (κ3) is 1.09. The molecule has 3 atom stereocenters. The van der Waals surface area contributed by atoms with Gasteiger partial charge < -0.3 is 5.73 Å².